The Morgan fingerprint density at radius 2 is 1.77 bits per heavy atom. The van der Waals surface area contributed by atoms with E-state index < -0.39 is 23.1 Å². The highest BCUT2D eigenvalue weighted by molar-refractivity contribution is 7.99. The summed E-state index contributed by atoms with van der Waals surface area (Å²) in [5.41, 5.74) is 1.91. The molecule has 0 aromatic heterocycles. The summed E-state index contributed by atoms with van der Waals surface area (Å²) in [7, 11) is 0. The van der Waals surface area contributed by atoms with E-state index >= 15 is 0 Å². The molecule has 5 heteroatoms. The summed E-state index contributed by atoms with van der Waals surface area (Å²) in [6.45, 7) is 4.43. The lowest BCUT2D eigenvalue weighted by molar-refractivity contribution is 0.0948. The fourth-order valence-corrected chi connectivity index (χ4v) is 2.80. The lowest BCUT2D eigenvalue weighted by atomic mass is 10.1. The molecule has 2 aromatic carbocycles. The summed E-state index contributed by atoms with van der Waals surface area (Å²) in [5, 5.41) is 2.54. The largest absolute Gasteiger partial charge is 0.351 e. The standard InChI is InChI=1S/C17H17F2NOS/c1-11-6-7-13(10-12(11)2)22-9-8-20-17(21)16-14(18)4-3-5-15(16)19/h3-7,10H,8-9H2,1-2H3,(H,20,21). The van der Waals surface area contributed by atoms with Crippen LogP contribution in [0, 0.1) is 25.5 Å². The number of aryl methyl sites for hydroxylation is 2. The number of thioether (sulfide) groups is 1. The van der Waals surface area contributed by atoms with Gasteiger partial charge in [-0.2, -0.15) is 0 Å². The van der Waals surface area contributed by atoms with E-state index in [1.165, 1.54) is 17.2 Å². The Bertz CT molecular complexity index is 668. The van der Waals surface area contributed by atoms with Crippen LogP contribution in [-0.4, -0.2) is 18.2 Å². The van der Waals surface area contributed by atoms with Gasteiger partial charge in [0.2, 0.25) is 0 Å². The van der Waals surface area contributed by atoms with Gasteiger partial charge < -0.3 is 5.32 Å². The van der Waals surface area contributed by atoms with Crippen LogP contribution in [0.15, 0.2) is 41.3 Å². The van der Waals surface area contributed by atoms with Gasteiger partial charge in [-0.1, -0.05) is 12.1 Å². The van der Waals surface area contributed by atoms with Gasteiger partial charge in [0.1, 0.15) is 17.2 Å². The number of halogens is 2. The first-order valence-electron chi connectivity index (χ1n) is 6.91. The molecule has 2 aromatic rings. The monoisotopic (exact) mass is 321 g/mol. The zero-order valence-electron chi connectivity index (χ0n) is 12.5. The molecule has 0 aliphatic carbocycles. The lowest BCUT2D eigenvalue weighted by Crippen LogP contribution is -2.27. The molecular formula is C17H17F2NOS. The Morgan fingerprint density at radius 1 is 1.09 bits per heavy atom. The van der Waals surface area contributed by atoms with E-state index in [9.17, 15) is 13.6 Å². The molecule has 1 amide bonds. The van der Waals surface area contributed by atoms with Crippen molar-refractivity contribution in [1.29, 1.82) is 0 Å². The van der Waals surface area contributed by atoms with E-state index in [2.05, 4.69) is 11.4 Å². The average molecular weight is 321 g/mol. The number of hydrogen-bond acceptors (Lipinski definition) is 2. The Labute approximate surface area is 132 Å². The van der Waals surface area contributed by atoms with Crippen LogP contribution in [0.4, 0.5) is 8.78 Å². The van der Waals surface area contributed by atoms with Crippen molar-refractivity contribution in [3.63, 3.8) is 0 Å². The van der Waals surface area contributed by atoms with Gasteiger partial charge >= 0.3 is 0 Å². The minimum Gasteiger partial charge on any atom is -0.351 e. The molecule has 0 radical (unpaired) electrons. The molecule has 0 aliphatic heterocycles. The molecule has 0 bridgehead atoms. The molecule has 22 heavy (non-hydrogen) atoms. The Morgan fingerprint density at radius 3 is 2.41 bits per heavy atom. The number of nitrogens with one attached hydrogen (secondary N) is 1. The smallest absolute Gasteiger partial charge is 0.257 e. The second-order valence-electron chi connectivity index (χ2n) is 4.95. The third kappa shape index (κ3) is 4.07. The van der Waals surface area contributed by atoms with Crippen molar-refractivity contribution >= 4 is 17.7 Å². The summed E-state index contributed by atoms with van der Waals surface area (Å²) < 4.78 is 26.9. The van der Waals surface area contributed by atoms with Crippen molar-refractivity contribution in [2.24, 2.45) is 0 Å². The molecule has 0 saturated carbocycles. The van der Waals surface area contributed by atoms with Gasteiger partial charge in [0.15, 0.2) is 0 Å². The zero-order chi connectivity index (χ0) is 16.1. The summed E-state index contributed by atoms with van der Waals surface area (Å²) >= 11 is 1.59. The third-order valence-corrected chi connectivity index (χ3v) is 4.32. The molecule has 0 unspecified atom stereocenters. The first-order valence-corrected chi connectivity index (χ1v) is 7.90. The SMILES string of the molecule is Cc1ccc(SCCNC(=O)c2c(F)cccc2F)cc1C. The second-order valence-corrected chi connectivity index (χ2v) is 6.12. The van der Waals surface area contributed by atoms with E-state index in [0.717, 1.165) is 17.0 Å². The number of benzene rings is 2. The number of hydrogen-bond donors (Lipinski definition) is 1. The van der Waals surface area contributed by atoms with E-state index in [1.807, 2.05) is 26.0 Å². The van der Waals surface area contributed by atoms with Gasteiger partial charge in [-0.25, -0.2) is 8.78 Å². The quantitative estimate of drug-likeness (QED) is 0.663. The first-order chi connectivity index (χ1) is 10.5. The van der Waals surface area contributed by atoms with Crippen molar-refractivity contribution in [3.05, 3.63) is 64.7 Å². The first kappa shape index (κ1) is 16.5. The highest BCUT2D eigenvalue weighted by Crippen LogP contribution is 2.20. The van der Waals surface area contributed by atoms with Gasteiger partial charge in [0.25, 0.3) is 5.91 Å². The van der Waals surface area contributed by atoms with E-state index in [1.54, 1.807) is 11.8 Å². The molecule has 0 atom stereocenters. The zero-order valence-corrected chi connectivity index (χ0v) is 13.3. The van der Waals surface area contributed by atoms with Crippen LogP contribution < -0.4 is 5.32 Å². The predicted octanol–water partition coefficient (Wildman–Crippen LogP) is 4.10. The molecule has 0 aliphatic rings. The van der Waals surface area contributed by atoms with Gasteiger partial charge in [0, 0.05) is 17.2 Å². The number of amides is 1. The normalized spacial score (nSPS) is 10.5. The molecule has 0 fully saturated rings. The van der Waals surface area contributed by atoms with Crippen molar-refractivity contribution in [2.45, 2.75) is 18.7 Å². The van der Waals surface area contributed by atoms with Crippen LogP contribution in [0.2, 0.25) is 0 Å². The van der Waals surface area contributed by atoms with Crippen molar-refractivity contribution < 1.29 is 13.6 Å². The summed E-state index contributed by atoms with van der Waals surface area (Å²) in [5.74, 6) is -1.79. The summed E-state index contributed by atoms with van der Waals surface area (Å²) in [4.78, 5) is 12.9. The minimum atomic E-state index is -0.848. The van der Waals surface area contributed by atoms with Crippen molar-refractivity contribution in [3.8, 4) is 0 Å². The highest BCUT2D eigenvalue weighted by atomic mass is 32.2. The number of rotatable bonds is 5. The van der Waals surface area contributed by atoms with E-state index in [4.69, 9.17) is 0 Å². The van der Waals surface area contributed by atoms with Crippen LogP contribution in [-0.2, 0) is 0 Å². The molecule has 1 N–H and O–H groups in total. The summed E-state index contributed by atoms with van der Waals surface area (Å²) in [6, 6.07) is 9.52. The van der Waals surface area contributed by atoms with Crippen LogP contribution >= 0.6 is 11.8 Å². The number of carbonyl (C=O) groups excluding carboxylic acids is 1. The fourth-order valence-electron chi connectivity index (χ4n) is 1.94. The Kier molecular flexibility index (Phi) is 5.55. The topological polar surface area (TPSA) is 29.1 Å². The van der Waals surface area contributed by atoms with Gasteiger partial charge in [-0.3, -0.25) is 4.79 Å². The predicted molar refractivity (Wildman–Crippen MR) is 85.3 cm³/mol. The van der Waals surface area contributed by atoms with E-state index in [0.29, 0.717) is 12.3 Å². The van der Waals surface area contributed by atoms with Crippen molar-refractivity contribution in [1.82, 2.24) is 5.32 Å². The molecule has 0 spiro atoms. The second kappa shape index (κ2) is 7.40. The maximum Gasteiger partial charge on any atom is 0.257 e. The molecule has 0 heterocycles. The third-order valence-electron chi connectivity index (χ3n) is 3.32. The van der Waals surface area contributed by atoms with Gasteiger partial charge in [0.05, 0.1) is 0 Å². The Hall–Kier alpha value is -1.88. The van der Waals surface area contributed by atoms with Gasteiger partial charge in [-0.05, 0) is 49.2 Å². The Balaban J connectivity index is 1.86. The highest BCUT2D eigenvalue weighted by Gasteiger charge is 2.16. The number of carbonyl (C=O) groups is 1. The molecule has 116 valence electrons. The molecule has 2 nitrogen and oxygen atoms in total. The van der Waals surface area contributed by atoms with Crippen LogP contribution in [0.3, 0.4) is 0 Å². The summed E-state index contributed by atoms with van der Waals surface area (Å²) in [6.07, 6.45) is 0. The lowest BCUT2D eigenvalue weighted by Gasteiger charge is -2.08. The maximum atomic E-state index is 13.5. The molecule has 2 rings (SSSR count). The fraction of sp³-hybridized carbons (Fsp3) is 0.235. The van der Waals surface area contributed by atoms with Gasteiger partial charge in [-0.15, -0.1) is 11.8 Å². The minimum absolute atomic E-state index is 0.337. The van der Waals surface area contributed by atoms with Crippen LogP contribution in [0.5, 0.6) is 0 Å². The molecular weight excluding hydrogens is 304 g/mol. The van der Waals surface area contributed by atoms with E-state index in [-0.39, 0.29) is 0 Å². The average Bonchev–Trinajstić information content (AvgIpc) is 2.47. The van der Waals surface area contributed by atoms with Crippen LogP contribution in [0.25, 0.3) is 0 Å². The maximum absolute atomic E-state index is 13.5. The van der Waals surface area contributed by atoms with Crippen molar-refractivity contribution in [2.75, 3.05) is 12.3 Å². The van der Waals surface area contributed by atoms with Crippen LogP contribution in [0.1, 0.15) is 21.5 Å². The molecule has 0 saturated heterocycles.